The minimum Gasteiger partial charge on any atom is -0.459 e. The van der Waals surface area contributed by atoms with Crippen molar-refractivity contribution in [2.75, 3.05) is 13.6 Å². The first-order valence-corrected chi connectivity index (χ1v) is 8.93. The lowest BCUT2D eigenvalue weighted by atomic mass is 10.2. The number of nitrogens with zero attached hydrogens (tertiary/aromatic N) is 1. The lowest BCUT2D eigenvalue weighted by molar-refractivity contribution is -0.129. The summed E-state index contributed by atoms with van der Waals surface area (Å²) in [6.45, 7) is -0.00356. The number of rotatable bonds is 6. The van der Waals surface area contributed by atoms with Crippen LogP contribution in [0.3, 0.4) is 0 Å². The molecule has 3 rings (SSSR count). The average Bonchev–Trinajstić information content (AvgIpc) is 3.15. The molecule has 0 atom stereocenters. The highest BCUT2D eigenvalue weighted by Gasteiger charge is 2.15. The molecule has 0 unspecified atom stereocenters. The molecule has 1 heterocycles. The SMILES string of the molecule is CN(Cc1ccc(-c2ccc(Cl)cc2)o1)C(=O)CNC(=O)c1ccccc1F. The Bertz CT molecular complexity index is 985. The molecule has 7 heteroatoms. The molecule has 0 spiro atoms. The van der Waals surface area contributed by atoms with Crippen molar-refractivity contribution in [2.24, 2.45) is 0 Å². The highest BCUT2D eigenvalue weighted by atomic mass is 35.5. The number of furan rings is 1. The molecule has 3 aromatic rings. The molecule has 0 saturated heterocycles. The van der Waals surface area contributed by atoms with Crippen molar-refractivity contribution in [3.8, 4) is 11.3 Å². The van der Waals surface area contributed by atoms with E-state index in [4.69, 9.17) is 16.0 Å². The molecule has 0 fully saturated rings. The minimum absolute atomic E-state index is 0.100. The molecule has 2 aromatic carbocycles. The quantitative estimate of drug-likeness (QED) is 0.676. The third-order valence-corrected chi connectivity index (χ3v) is 4.38. The Morgan fingerprint density at radius 3 is 2.50 bits per heavy atom. The summed E-state index contributed by atoms with van der Waals surface area (Å²) in [4.78, 5) is 25.7. The molecule has 28 heavy (non-hydrogen) atoms. The fourth-order valence-electron chi connectivity index (χ4n) is 2.59. The van der Waals surface area contributed by atoms with Crippen molar-refractivity contribution in [3.05, 3.63) is 82.8 Å². The monoisotopic (exact) mass is 400 g/mol. The van der Waals surface area contributed by atoms with E-state index in [9.17, 15) is 14.0 Å². The van der Waals surface area contributed by atoms with Crippen LogP contribution in [-0.4, -0.2) is 30.3 Å². The summed E-state index contributed by atoms with van der Waals surface area (Å²) in [6, 6.07) is 16.4. The van der Waals surface area contributed by atoms with E-state index in [1.54, 1.807) is 31.3 Å². The van der Waals surface area contributed by atoms with E-state index in [0.29, 0.717) is 16.5 Å². The van der Waals surface area contributed by atoms with E-state index in [1.165, 1.54) is 23.1 Å². The second-order valence-corrected chi connectivity index (χ2v) is 6.62. The molecule has 1 aromatic heterocycles. The standard InChI is InChI=1S/C21H18ClFN2O3/c1-25(20(26)12-24-21(27)17-4-2-3-5-18(17)23)13-16-10-11-19(28-16)14-6-8-15(22)9-7-14/h2-11H,12-13H2,1H3,(H,24,27). The smallest absolute Gasteiger partial charge is 0.254 e. The summed E-state index contributed by atoms with van der Waals surface area (Å²) < 4.78 is 19.4. The first kappa shape index (κ1) is 19.6. The van der Waals surface area contributed by atoms with Crippen LogP contribution >= 0.6 is 11.6 Å². The van der Waals surface area contributed by atoms with Crippen molar-refractivity contribution in [3.63, 3.8) is 0 Å². The van der Waals surface area contributed by atoms with Crippen molar-refractivity contribution in [1.29, 1.82) is 0 Å². The second kappa shape index (κ2) is 8.71. The van der Waals surface area contributed by atoms with Gasteiger partial charge in [-0.25, -0.2) is 4.39 Å². The number of nitrogens with one attached hydrogen (secondary N) is 1. The number of carbonyl (C=O) groups excluding carboxylic acids is 2. The number of hydrogen-bond acceptors (Lipinski definition) is 3. The highest BCUT2D eigenvalue weighted by Crippen LogP contribution is 2.24. The Labute approximate surface area is 166 Å². The van der Waals surface area contributed by atoms with E-state index < -0.39 is 11.7 Å². The molecule has 0 saturated carbocycles. The highest BCUT2D eigenvalue weighted by molar-refractivity contribution is 6.30. The van der Waals surface area contributed by atoms with Crippen molar-refractivity contribution >= 4 is 23.4 Å². The maximum atomic E-state index is 13.6. The predicted octanol–water partition coefficient (Wildman–Crippen LogP) is 4.13. The zero-order chi connectivity index (χ0) is 20.1. The van der Waals surface area contributed by atoms with E-state index in [-0.39, 0.29) is 24.6 Å². The summed E-state index contributed by atoms with van der Waals surface area (Å²) in [6.07, 6.45) is 0. The van der Waals surface area contributed by atoms with Crippen LogP contribution in [0.25, 0.3) is 11.3 Å². The summed E-state index contributed by atoms with van der Waals surface area (Å²) in [5, 5.41) is 3.07. The van der Waals surface area contributed by atoms with Gasteiger partial charge in [0, 0.05) is 17.6 Å². The van der Waals surface area contributed by atoms with Gasteiger partial charge < -0.3 is 14.6 Å². The zero-order valence-electron chi connectivity index (χ0n) is 15.1. The normalized spacial score (nSPS) is 10.5. The number of hydrogen-bond donors (Lipinski definition) is 1. The molecule has 0 bridgehead atoms. The number of halogens is 2. The average molecular weight is 401 g/mol. The number of carbonyl (C=O) groups is 2. The van der Waals surface area contributed by atoms with Crippen LogP contribution in [0.4, 0.5) is 4.39 Å². The molecule has 1 N–H and O–H groups in total. The van der Waals surface area contributed by atoms with E-state index in [2.05, 4.69) is 5.32 Å². The van der Waals surface area contributed by atoms with Gasteiger partial charge in [-0.3, -0.25) is 9.59 Å². The summed E-state index contributed by atoms with van der Waals surface area (Å²) in [5.74, 6) is -0.329. The van der Waals surface area contributed by atoms with Crippen LogP contribution in [-0.2, 0) is 11.3 Å². The van der Waals surface area contributed by atoms with Gasteiger partial charge >= 0.3 is 0 Å². The van der Waals surface area contributed by atoms with Crippen molar-refractivity contribution < 1.29 is 18.4 Å². The summed E-state index contributed by atoms with van der Waals surface area (Å²) >= 11 is 5.88. The Balaban J connectivity index is 1.55. The zero-order valence-corrected chi connectivity index (χ0v) is 15.9. The topological polar surface area (TPSA) is 62.6 Å². The molecule has 2 amide bonds. The Morgan fingerprint density at radius 2 is 1.79 bits per heavy atom. The van der Waals surface area contributed by atoms with Crippen LogP contribution < -0.4 is 5.32 Å². The number of likely N-dealkylation sites (N-methyl/N-ethyl adjacent to an activating group) is 1. The van der Waals surface area contributed by atoms with Crippen LogP contribution in [0.5, 0.6) is 0 Å². The molecule has 144 valence electrons. The van der Waals surface area contributed by atoms with Gasteiger partial charge in [-0.1, -0.05) is 23.7 Å². The molecule has 0 aliphatic rings. The largest absolute Gasteiger partial charge is 0.459 e. The predicted molar refractivity (Wildman–Crippen MR) is 104 cm³/mol. The van der Waals surface area contributed by atoms with Crippen LogP contribution in [0.2, 0.25) is 5.02 Å². The fourth-order valence-corrected chi connectivity index (χ4v) is 2.71. The minimum atomic E-state index is -0.636. The van der Waals surface area contributed by atoms with E-state index >= 15 is 0 Å². The second-order valence-electron chi connectivity index (χ2n) is 6.19. The Morgan fingerprint density at radius 1 is 1.07 bits per heavy atom. The third-order valence-electron chi connectivity index (χ3n) is 4.13. The Hall–Kier alpha value is -3.12. The van der Waals surface area contributed by atoms with Gasteiger partial charge in [0.05, 0.1) is 18.7 Å². The van der Waals surface area contributed by atoms with Gasteiger partial charge in [0.2, 0.25) is 5.91 Å². The summed E-state index contributed by atoms with van der Waals surface area (Å²) in [7, 11) is 1.60. The lowest BCUT2D eigenvalue weighted by Gasteiger charge is -2.16. The molecular formula is C21H18ClFN2O3. The van der Waals surface area contributed by atoms with Crippen molar-refractivity contribution in [2.45, 2.75) is 6.54 Å². The summed E-state index contributed by atoms with van der Waals surface area (Å²) in [5.41, 5.74) is 0.776. The first-order valence-electron chi connectivity index (χ1n) is 8.55. The van der Waals surface area contributed by atoms with Gasteiger partial charge in [0.1, 0.15) is 17.3 Å². The van der Waals surface area contributed by atoms with Crippen LogP contribution in [0, 0.1) is 5.82 Å². The van der Waals surface area contributed by atoms with Gasteiger partial charge in [-0.15, -0.1) is 0 Å². The maximum Gasteiger partial charge on any atom is 0.254 e. The lowest BCUT2D eigenvalue weighted by Crippen LogP contribution is -2.38. The van der Waals surface area contributed by atoms with Crippen LogP contribution in [0.15, 0.2) is 65.1 Å². The molecule has 0 aliphatic heterocycles. The van der Waals surface area contributed by atoms with Crippen molar-refractivity contribution in [1.82, 2.24) is 10.2 Å². The van der Waals surface area contributed by atoms with Crippen LogP contribution in [0.1, 0.15) is 16.1 Å². The van der Waals surface area contributed by atoms with Gasteiger partial charge in [-0.2, -0.15) is 0 Å². The first-order chi connectivity index (χ1) is 13.4. The number of amides is 2. The van der Waals surface area contributed by atoms with E-state index in [0.717, 1.165) is 5.56 Å². The van der Waals surface area contributed by atoms with Gasteiger partial charge in [0.15, 0.2) is 0 Å². The van der Waals surface area contributed by atoms with Gasteiger partial charge in [-0.05, 0) is 48.5 Å². The molecular weight excluding hydrogens is 383 g/mol. The maximum absolute atomic E-state index is 13.6. The fraction of sp³-hybridized carbons (Fsp3) is 0.143. The van der Waals surface area contributed by atoms with Gasteiger partial charge in [0.25, 0.3) is 5.91 Å². The molecule has 5 nitrogen and oxygen atoms in total. The Kier molecular flexibility index (Phi) is 6.11. The molecule has 0 aliphatic carbocycles. The number of benzene rings is 2. The molecule has 0 radical (unpaired) electrons. The van der Waals surface area contributed by atoms with E-state index in [1.807, 2.05) is 18.2 Å². The third kappa shape index (κ3) is 4.78.